The summed E-state index contributed by atoms with van der Waals surface area (Å²) < 4.78 is 34.3. The lowest BCUT2D eigenvalue weighted by molar-refractivity contribution is -0.125. The van der Waals surface area contributed by atoms with Crippen LogP contribution in [0.4, 0.5) is 13.2 Å². The normalized spacial score (nSPS) is 12.4. The van der Waals surface area contributed by atoms with Gasteiger partial charge in [0.1, 0.15) is 0 Å². The average Bonchev–Trinajstić information content (AvgIpc) is 1.85. The molecule has 0 saturated heterocycles. The molecular formula is C7H9F3O. The largest absolute Gasteiger partial charge is 0.392 e. The van der Waals surface area contributed by atoms with Gasteiger partial charge in [-0.05, 0) is 6.08 Å². The van der Waals surface area contributed by atoms with Crippen LogP contribution in [-0.4, -0.2) is 12.0 Å². The van der Waals surface area contributed by atoms with E-state index in [1.54, 1.807) is 6.92 Å². The lowest BCUT2D eigenvalue weighted by Gasteiger charge is -1.99. The number of hydrogen-bond acceptors (Lipinski definition) is 1. The standard InChI is InChI=1S/C7H9F3O/c1-2-6(11)4-3-5-7(8,9)10/h3-4H,2,5H2,1H3/b4-3+. The van der Waals surface area contributed by atoms with Crippen molar-refractivity contribution in [2.24, 2.45) is 0 Å². The molecule has 0 aromatic heterocycles. The van der Waals surface area contributed by atoms with Crippen molar-refractivity contribution in [3.8, 4) is 0 Å². The van der Waals surface area contributed by atoms with Crippen molar-refractivity contribution in [3.63, 3.8) is 0 Å². The van der Waals surface area contributed by atoms with E-state index in [-0.39, 0.29) is 12.2 Å². The lowest BCUT2D eigenvalue weighted by atomic mass is 10.2. The number of rotatable bonds is 3. The highest BCUT2D eigenvalue weighted by molar-refractivity contribution is 5.89. The van der Waals surface area contributed by atoms with Gasteiger partial charge in [0.25, 0.3) is 0 Å². The Morgan fingerprint density at radius 2 is 2.00 bits per heavy atom. The van der Waals surface area contributed by atoms with Gasteiger partial charge in [-0.15, -0.1) is 0 Å². The molecule has 0 aliphatic carbocycles. The van der Waals surface area contributed by atoms with Gasteiger partial charge in [-0.25, -0.2) is 0 Å². The minimum absolute atomic E-state index is 0.244. The topological polar surface area (TPSA) is 17.1 Å². The number of ketones is 1. The van der Waals surface area contributed by atoms with Crippen molar-refractivity contribution < 1.29 is 18.0 Å². The third-order valence-electron chi connectivity index (χ3n) is 1.00. The molecule has 0 unspecified atom stereocenters. The van der Waals surface area contributed by atoms with Crippen LogP contribution in [0.3, 0.4) is 0 Å². The van der Waals surface area contributed by atoms with Gasteiger partial charge in [0.15, 0.2) is 5.78 Å². The number of allylic oxidation sites excluding steroid dienone is 2. The highest BCUT2D eigenvalue weighted by Crippen LogP contribution is 2.19. The van der Waals surface area contributed by atoms with Crippen LogP contribution in [0.25, 0.3) is 0 Å². The molecule has 4 heteroatoms. The van der Waals surface area contributed by atoms with Gasteiger partial charge in [-0.2, -0.15) is 13.2 Å². The fourth-order valence-electron chi connectivity index (χ4n) is 0.442. The average molecular weight is 166 g/mol. The molecule has 64 valence electrons. The van der Waals surface area contributed by atoms with Crippen molar-refractivity contribution in [2.45, 2.75) is 25.9 Å². The second-order valence-corrected chi connectivity index (χ2v) is 2.04. The predicted molar refractivity (Wildman–Crippen MR) is 35.1 cm³/mol. The number of carbonyl (C=O) groups is 1. The molecule has 1 nitrogen and oxygen atoms in total. The van der Waals surface area contributed by atoms with Gasteiger partial charge in [0.05, 0.1) is 6.42 Å². The Balaban J connectivity index is 3.70. The molecule has 0 amide bonds. The van der Waals surface area contributed by atoms with E-state index in [4.69, 9.17) is 0 Å². The summed E-state index contributed by atoms with van der Waals surface area (Å²) in [5.74, 6) is -0.283. The molecule has 0 heterocycles. The van der Waals surface area contributed by atoms with Crippen LogP contribution in [0.2, 0.25) is 0 Å². The fraction of sp³-hybridized carbons (Fsp3) is 0.571. The summed E-state index contributed by atoms with van der Waals surface area (Å²) in [5.41, 5.74) is 0. The van der Waals surface area contributed by atoms with Gasteiger partial charge < -0.3 is 0 Å². The Labute approximate surface area is 62.9 Å². The van der Waals surface area contributed by atoms with Crippen LogP contribution >= 0.6 is 0 Å². The Hall–Kier alpha value is -0.800. The van der Waals surface area contributed by atoms with Crippen LogP contribution < -0.4 is 0 Å². The first-order valence-electron chi connectivity index (χ1n) is 3.22. The number of halogens is 3. The van der Waals surface area contributed by atoms with E-state index in [0.717, 1.165) is 12.2 Å². The first-order chi connectivity index (χ1) is 4.95. The van der Waals surface area contributed by atoms with Gasteiger partial charge in [0.2, 0.25) is 0 Å². The lowest BCUT2D eigenvalue weighted by Crippen LogP contribution is -2.04. The van der Waals surface area contributed by atoms with E-state index in [2.05, 4.69) is 0 Å². The molecule has 0 rings (SSSR count). The Bertz CT molecular complexity index is 158. The third-order valence-corrected chi connectivity index (χ3v) is 1.00. The van der Waals surface area contributed by atoms with Crippen molar-refractivity contribution in [2.75, 3.05) is 0 Å². The molecule has 0 aromatic carbocycles. The molecule has 11 heavy (non-hydrogen) atoms. The van der Waals surface area contributed by atoms with Gasteiger partial charge in [0, 0.05) is 6.42 Å². The van der Waals surface area contributed by atoms with Gasteiger partial charge in [-0.1, -0.05) is 13.0 Å². The first kappa shape index (κ1) is 10.2. The van der Waals surface area contributed by atoms with E-state index in [1.807, 2.05) is 0 Å². The monoisotopic (exact) mass is 166 g/mol. The van der Waals surface area contributed by atoms with Crippen LogP contribution in [-0.2, 0) is 4.79 Å². The SMILES string of the molecule is CCC(=O)/C=C/CC(F)(F)F. The van der Waals surface area contributed by atoms with Crippen molar-refractivity contribution >= 4 is 5.78 Å². The molecule has 0 atom stereocenters. The molecule has 0 aliphatic heterocycles. The van der Waals surface area contributed by atoms with E-state index < -0.39 is 12.6 Å². The van der Waals surface area contributed by atoms with Crippen LogP contribution in [0.15, 0.2) is 12.2 Å². The first-order valence-corrected chi connectivity index (χ1v) is 3.22. The number of alkyl halides is 3. The number of hydrogen-bond donors (Lipinski definition) is 0. The minimum Gasteiger partial charge on any atom is -0.295 e. The van der Waals surface area contributed by atoms with Crippen LogP contribution in [0.1, 0.15) is 19.8 Å². The predicted octanol–water partition coefficient (Wildman–Crippen LogP) is 2.47. The fourth-order valence-corrected chi connectivity index (χ4v) is 0.442. The molecule has 0 spiro atoms. The molecule has 0 N–H and O–H groups in total. The van der Waals surface area contributed by atoms with E-state index in [1.165, 1.54) is 0 Å². The van der Waals surface area contributed by atoms with Crippen LogP contribution in [0, 0.1) is 0 Å². The summed E-state index contributed by atoms with van der Waals surface area (Å²) >= 11 is 0. The number of carbonyl (C=O) groups excluding carboxylic acids is 1. The maximum absolute atomic E-state index is 11.4. The highest BCUT2D eigenvalue weighted by atomic mass is 19.4. The zero-order valence-corrected chi connectivity index (χ0v) is 6.11. The minimum atomic E-state index is -4.20. The highest BCUT2D eigenvalue weighted by Gasteiger charge is 2.24. The van der Waals surface area contributed by atoms with Gasteiger partial charge >= 0.3 is 6.18 Å². The Morgan fingerprint density at radius 3 is 2.36 bits per heavy atom. The summed E-state index contributed by atoms with van der Waals surface area (Å²) in [6, 6.07) is 0. The maximum Gasteiger partial charge on any atom is 0.392 e. The molecule has 0 fully saturated rings. The van der Waals surface area contributed by atoms with Crippen molar-refractivity contribution in [1.82, 2.24) is 0 Å². The molecular weight excluding hydrogens is 157 g/mol. The molecule has 0 radical (unpaired) electrons. The Kier molecular flexibility index (Phi) is 3.85. The molecule has 0 saturated carbocycles. The smallest absolute Gasteiger partial charge is 0.295 e. The summed E-state index contributed by atoms with van der Waals surface area (Å²) in [6.07, 6.45) is -3.18. The zero-order valence-electron chi connectivity index (χ0n) is 6.11. The van der Waals surface area contributed by atoms with Crippen LogP contribution in [0.5, 0.6) is 0 Å². The van der Waals surface area contributed by atoms with Crippen molar-refractivity contribution in [3.05, 3.63) is 12.2 Å². The molecule has 0 aliphatic rings. The second kappa shape index (κ2) is 4.16. The summed E-state index contributed by atoms with van der Waals surface area (Å²) in [7, 11) is 0. The quantitative estimate of drug-likeness (QED) is 0.588. The van der Waals surface area contributed by atoms with E-state index in [9.17, 15) is 18.0 Å². The Morgan fingerprint density at radius 1 is 1.45 bits per heavy atom. The zero-order chi connectivity index (χ0) is 8.91. The third kappa shape index (κ3) is 7.09. The van der Waals surface area contributed by atoms with E-state index in [0.29, 0.717) is 0 Å². The molecule has 0 aromatic rings. The summed E-state index contributed by atoms with van der Waals surface area (Å²) in [5, 5.41) is 0. The van der Waals surface area contributed by atoms with Gasteiger partial charge in [-0.3, -0.25) is 4.79 Å². The van der Waals surface area contributed by atoms with E-state index >= 15 is 0 Å². The summed E-state index contributed by atoms with van der Waals surface area (Å²) in [4.78, 5) is 10.4. The van der Waals surface area contributed by atoms with Crippen molar-refractivity contribution in [1.29, 1.82) is 0 Å². The second-order valence-electron chi connectivity index (χ2n) is 2.04. The molecule has 0 bridgehead atoms. The maximum atomic E-state index is 11.4. The summed E-state index contributed by atoms with van der Waals surface area (Å²) in [6.45, 7) is 1.60.